The van der Waals surface area contributed by atoms with Crippen LogP contribution in [-0.2, 0) is 9.59 Å². The Morgan fingerprint density at radius 3 is 2.79 bits per heavy atom. The minimum atomic E-state index is -0.897. The van der Waals surface area contributed by atoms with E-state index in [0.29, 0.717) is 11.6 Å². The van der Waals surface area contributed by atoms with Gasteiger partial charge in [-0.1, -0.05) is 13.8 Å². The van der Waals surface area contributed by atoms with Crippen LogP contribution in [0.3, 0.4) is 0 Å². The Morgan fingerprint density at radius 1 is 1.64 bits per heavy atom. The first-order chi connectivity index (χ1) is 6.57. The Balaban J connectivity index is 2.67. The van der Waals surface area contributed by atoms with Gasteiger partial charge in [-0.2, -0.15) is 0 Å². The van der Waals surface area contributed by atoms with E-state index in [2.05, 4.69) is 0 Å². The lowest BCUT2D eigenvalue weighted by molar-refractivity contribution is -0.149. The molecule has 1 amide bonds. The summed E-state index contributed by atoms with van der Waals surface area (Å²) in [7, 11) is 0. The number of hydrogen-bond donors (Lipinski definition) is 1. The number of aliphatic carboxylic acids is 1. The van der Waals surface area contributed by atoms with E-state index >= 15 is 0 Å². The van der Waals surface area contributed by atoms with Crippen LogP contribution in [-0.4, -0.2) is 39.6 Å². The average Bonchev–Trinajstić information content (AvgIpc) is 2.63. The topological polar surface area (TPSA) is 57.6 Å². The summed E-state index contributed by atoms with van der Waals surface area (Å²) in [5.74, 6) is 0.0181. The zero-order valence-corrected chi connectivity index (χ0v) is 9.21. The number of nitrogens with zero attached hydrogens (tertiary/aromatic N) is 1. The molecule has 1 saturated heterocycles. The fourth-order valence-electron chi connectivity index (χ4n) is 1.32. The number of amides is 1. The van der Waals surface area contributed by atoms with E-state index in [4.69, 9.17) is 5.11 Å². The Labute approximate surface area is 87.7 Å². The summed E-state index contributed by atoms with van der Waals surface area (Å²) >= 11 is 1.50. The average molecular weight is 217 g/mol. The largest absolute Gasteiger partial charge is 0.480 e. The quantitative estimate of drug-likeness (QED) is 0.766. The number of rotatable bonds is 3. The maximum absolute atomic E-state index is 11.7. The Bertz CT molecular complexity index is 244. The summed E-state index contributed by atoms with van der Waals surface area (Å²) in [4.78, 5) is 24.0. The molecule has 0 spiro atoms. The second kappa shape index (κ2) is 4.68. The van der Waals surface area contributed by atoms with Crippen LogP contribution < -0.4 is 0 Å². The molecule has 0 aromatic rings. The molecule has 0 aliphatic carbocycles. The van der Waals surface area contributed by atoms with E-state index in [1.807, 2.05) is 13.8 Å². The van der Waals surface area contributed by atoms with Gasteiger partial charge in [0.15, 0.2) is 0 Å². The second-order valence-corrected chi connectivity index (χ2v) is 4.47. The van der Waals surface area contributed by atoms with Crippen molar-refractivity contribution in [3.05, 3.63) is 0 Å². The molecule has 80 valence electrons. The highest BCUT2D eigenvalue weighted by Crippen LogP contribution is 2.23. The third-order valence-electron chi connectivity index (χ3n) is 2.48. The molecule has 0 unspecified atom stereocenters. The van der Waals surface area contributed by atoms with Gasteiger partial charge in [0.25, 0.3) is 0 Å². The Hall–Kier alpha value is -0.710. The SMILES string of the molecule is CC[C@@H](C)C(=O)N1CSC[C@H]1C(=O)O. The van der Waals surface area contributed by atoms with Crippen molar-refractivity contribution in [3.8, 4) is 0 Å². The number of carbonyl (C=O) groups excluding carboxylic acids is 1. The van der Waals surface area contributed by atoms with Gasteiger partial charge in [0.2, 0.25) is 5.91 Å². The lowest BCUT2D eigenvalue weighted by Gasteiger charge is -2.23. The molecule has 4 nitrogen and oxygen atoms in total. The molecule has 14 heavy (non-hydrogen) atoms. The van der Waals surface area contributed by atoms with Crippen molar-refractivity contribution in [2.24, 2.45) is 5.92 Å². The van der Waals surface area contributed by atoms with Crippen molar-refractivity contribution in [3.63, 3.8) is 0 Å². The Morgan fingerprint density at radius 2 is 2.29 bits per heavy atom. The number of carbonyl (C=O) groups is 2. The highest BCUT2D eigenvalue weighted by molar-refractivity contribution is 7.99. The van der Waals surface area contributed by atoms with E-state index in [0.717, 1.165) is 6.42 Å². The number of hydrogen-bond acceptors (Lipinski definition) is 3. The van der Waals surface area contributed by atoms with Crippen molar-refractivity contribution >= 4 is 23.6 Å². The van der Waals surface area contributed by atoms with Gasteiger partial charge >= 0.3 is 5.97 Å². The predicted octanol–water partition coefficient (Wildman–Crippen LogP) is 1.02. The molecule has 0 aromatic carbocycles. The molecule has 0 bridgehead atoms. The minimum absolute atomic E-state index is 0.0371. The smallest absolute Gasteiger partial charge is 0.327 e. The van der Waals surface area contributed by atoms with Gasteiger partial charge in [0.05, 0.1) is 5.88 Å². The van der Waals surface area contributed by atoms with Crippen LogP contribution in [0, 0.1) is 5.92 Å². The number of carboxylic acids is 1. The van der Waals surface area contributed by atoms with Gasteiger partial charge in [0.1, 0.15) is 6.04 Å². The summed E-state index contributed by atoms with van der Waals surface area (Å²) in [6.45, 7) is 3.77. The first kappa shape index (κ1) is 11.4. The number of thioether (sulfide) groups is 1. The third-order valence-corrected chi connectivity index (χ3v) is 3.50. The molecule has 2 atom stereocenters. The molecular weight excluding hydrogens is 202 g/mol. The van der Waals surface area contributed by atoms with Crippen LogP contribution >= 0.6 is 11.8 Å². The maximum atomic E-state index is 11.7. The van der Waals surface area contributed by atoms with Gasteiger partial charge in [-0.05, 0) is 6.42 Å². The van der Waals surface area contributed by atoms with Crippen molar-refractivity contribution < 1.29 is 14.7 Å². The molecule has 1 heterocycles. The van der Waals surface area contributed by atoms with E-state index in [-0.39, 0.29) is 11.8 Å². The molecule has 1 aliphatic rings. The monoisotopic (exact) mass is 217 g/mol. The van der Waals surface area contributed by atoms with Crippen molar-refractivity contribution in [1.82, 2.24) is 4.90 Å². The van der Waals surface area contributed by atoms with Gasteiger partial charge < -0.3 is 10.0 Å². The molecule has 0 saturated carbocycles. The fraction of sp³-hybridized carbons (Fsp3) is 0.778. The molecular formula is C9H15NO3S. The molecule has 0 radical (unpaired) electrons. The van der Waals surface area contributed by atoms with Crippen LogP contribution in [0.1, 0.15) is 20.3 Å². The van der Waals surface area contributed by atoms with Gasteiger partial charge in [-0.15, -0.1) is 11.8 Å². The van der Waals surface area contributed by atoms with E-state index in [1.54, 1.807) is 0 Å². The highest BCUT2D eigenvalue weighted by atomic mass is 32.2. The van der Waals surface area contributed by atoms with Crippen molar-refractivity contribution in [2.45, 2.75) is 26.3 Å². The van der Waals surface area contributed by atoms with Gasteiger partial charge in [-0.25, -0.2) is 4.79 Å². The maximum Gasteiger partial charge on any atom is 0.327 e. The molecule has 5 heteroatoms. The van der Waals surface area contributed by atoms with Gasteiger partial charge in [-0.3, -0.25) is 4.79 Å². The van der Waals surface area contributed by atoms with Crippen molar-refractivity contribution in [1.29, 1.82) is 0 Å². The van der Waals surface area contributed by atoms with Crippen LogP contribution in [0.15, 0.2) is 0 Å². The summed E-state index contributed by atoms with van der Waals surface area (Å²) in [6, 6.07) is -0.624. The van der Waals surface area contributed by atoms with Crippen LogP contribution in [0.25, 0.3) is 0 Å². The van der Waals surface area contributed by atoms with Crippen LogP contribution in [0.4, 0.5) is 0 Å². The lowest BCUT2D eigenvalue weighted by atomic mass is 10.1. The van der Waals surface area contributed by atoms with Gasteiger partial charge in [0, 0.05) is 11.7 Å². The van der Waals surface area contributed by atoms with E-state index in [9.17, 15) is 9.59 Å². The summed E-state index contributed by atoms with van der Waals surface area (Å²) in [6.07, 6.45) is 0.756. The first-order valence-electron chi connectivity index (χ1n) is 4.69. The number of carboxylic acid groups (broad SMARTS) is 1. The van der Waals surface area contributed by atoms with E-state index < -0.39 is 12.0 Å². The highest BCUT2D eigenvalue weighted by Gasteiger charge is 2.35. The lowest BCUT2D eigenvalue weighted by Crippen LogP contribution is -2.43. The second-order valence-electron chi connectivity index (χ2n) is 3.47. The fourth-order valence-corrected chi connectivity index (χ4v) is 2.48. The molecule has 1 aliphatic heterocycles. The van der Waals surface area contributed by atoms with Crippen molar-refractivity contribution in [2.75, 3.05) is 11.6 Å². The zero-order chi connectivity index (χ0) is 10.7. The minimum Gasteiger partial charge on any atom is -0.480 e. The molecule has 1 fully saturated rings. The standard InChI is InChI=1S/C9H15NO3S/c1-3-6(2)8(11)10-5-14-4-7(10)9(12)13/h6-7H,3-5H2,1-2H3,(H,12,13)/t6-,7+/m1/s1. The predicted molar refractivity (Wildman–Crippen MR) is 55.0 cm³/mol. The first-order valence-corrected chi connectivity index (χ1v) is 5.84. The summed E-state index contributed by atoms with van der Waals surface area (Å²) < 4.78 is 0. The molecule has 1 N–H and O–H groups in total. The molecule has 1 rings (SSSR count). The van der Waals surface area contributed by atoms with Crippen LogP contribution in [0.5, 0.6) is 0 Å². The Kier molecular flexibility index (Phi) is 3.80. The van der Waals surface area contributed by atoms with E-state index in [1.165, 1.54) is 16.7 Å². The van der Waals surface area contributed by atoms with Crippen LogP contribution in [0.2, 0.25) is 0 Å². The third kappa shape index (κ3) is 2.20. The summed E-state index contributed by atoms with van der Waals surface area (Å²) in [5.41, 5.74) is 0. The summed E-state index contributed by atoms with van der Waals surface area (Å²) in [5, 5.41) is 8.88. The zero-order valence-electron chi connectivity index (χ0n) is 8.40. The normalized spacial score (nSPS) is 23.6. The molecule has 0 aromatic heterocycles.